The molecule has 1 N–H and O–H groups in total. The maximum absolute atomic E-state index is 5.80. The lowest BCUT2D eigenvalue weighted by atomic mass is 10.2. The van der Waals surface area contributed by atoms with Crippen molar-refractivity contribution in [2.75, 3.05) is 7.05 Å². The molecule has 0 saturated heterocycles. The van der Waals surface area contributed by atoms with Gasteiger partial charge in [0.25, 0.3) is 0 Å². The van der Waals surface area contributed by atoms with Gasteiger partial charge in [0.15, 0.2) is 5.11 Å². The van der Waals surface area contributed by atoms with E-state index in [2.05, 4.69) is 29.5 Å². The van der Waals surface area contributed by atoms with Crippen molar-refractivity contribution in [1.82, 2.24) is 10.3 Å². The summed E-state index contributed by atoms with van der Waals surface area (Å²) in [5.74, 6) is 3.15. The molecule has 3 rings (SSSR count). The molecule has 1 aliphatic rings. The van der Waals surface area contributed by atoms with E-state index in [-0.39, 0.29) is 0 Å². The molecule has 0 aliphatic heterocycles. The van der Waals surface area contributed by atoms with Gasteiger partial charge in [0.05, 0.1) is 6.21 Å². The van der Waals surface area contributed by atoms with E-state index in [9.17, 15) is 0 Å². The van der Waals surface area contributed by atoms with Crippen LogP contribution in [0.2, 0.25) is 0 Å². The molecule has 1 heterocycles. The number of rotatable bonds is 5. The maximum Gasteiger partial charge on any atom is 0.189 e. The minimum absolute atomic E-state index is 0.577. The third-order valence-corrected chi connectivity index (χ3v) is 4.47. The Balaban J connectivity index is 1.50. The average Bonchev–Trinajstić information content (AvgIpc) is 3.11. The predicted octanol–water partition coefficient (Wildman–Crippen LogP) is 3.74. The predicted molar refractivity (Wildman–Crippen MR) is 96.5 cm³/mol. The topological polar surface area (TPSA) is 40.8 Å². The van der Waals surface area contributed by atoms with Gasteiger partial charge in [-0.05, 0) is 42.3 Å². The van der Waals surface area contributed by atoms with Gasteiger partial charge in [-0.2, -0.15) is 5.10 Å². The summed E-state index contributed by atoms with van der Waals surface area (Å²) in [6, 6.07) is 14.1. The van der Waals surface area contributed by atoms with Crippen molar-refractivity contribution in [3.63, 3.8) is 0 Å². The zero-order chi connectivity index (χ0) is 16.2. The quantitative estimate of drug-likeness (QED) is 0.516. The number of benzene rings is 1. The highest BCUT2D eigenvalue weighted by Gasteiger charge is 2.36. The van der Waals surface area contributed by atoms with E-state index in [1.807, 2.05) is 37.4 Å². The Hall–Kier alpha value is -2.14. The second-order valence-electron chi connectivity index (χ2n) is 5.97. The molecular weight excluding hydrogens is 306 g/mol. The van der Waals surface area contributed by atoms with Crippen LogP contribution in [0.1, 0.15) is 36.3 Å². The van der Waals surface area contributed by atoms with Crippen LogP contribution in [-0.4, -0.2) is 23.4 Å². The molecular formula is C18H21N3OS. The molecule has 0 unspecified atom stereocenters. The molecule has 1 fully saturated rings. The van der Waals surface area contributed by atoms with Gasteiger partial charge in [0, 0.05) is 19.5 Å². The average molecular weight is 327 g/mol. The second kappa shape index (κ2) is 6.96. The third-order valence-electron chi connectivity index (χ3n) is 4.06. The number of nitrogens with zero attached hydrogens (tertiary/aromatic N) is 2. The molecule has 1 aliphatic carbocycles. The van der Waals surface area contributed by atoms with Crippen molar-refractivity contribution in [3.8, 4) is 0 Å². The fraction of sp³-hybridized carbons (Fsp3) is 0.333. The van der Waals surface area contributed by atoms with Crippen molar-refractivity contribution in [2.45, 2.75) is 25.8 Å². The van der Waals surface area contributed by atoms with Gasteiger partial charge in [-0.3, -0.25) is 0 Å². The van der Waals surface area contributed by atoms with Gasteiger partial charge in [0.1, 0.15) is 11.5 Å². The number of nitrogens with one attached hydrogen (secondary N) is 1. The van der Waals surface area contributed by atoms with Crippen LogP contribution >= 0.6 is 12.2 Å². The van der Waals surface area contributed by atoms with Gasteiger partial charge < -0.3 is 9.73 Å². The van der Waals surface area contributed by atoms with E-state index in [1.54, 1.807) is 11.2 Å². The van der Waals surface area contributed by atoms with Crippen molar-refractivity contribution in [1.29, 1.82) is 0 Å². The highest BCUT2D eigenvalue weighted by molar-refractivity contribution is 7.80. The molecule has 1 aromatic carbocycles. The first-order valence-electron chi connectivity index (χ1n) is 7.82. The van der Waals surface area contributed by atoms with E-state index in [0.29, 0.717) is 17.6 Å². The summed E-state index contributed by atoms with van der Waals surface area (Å²) >= 11 is 5.33. The lowest BCUT2D eigenvalue weighted by Gasteiger charge is -2.15. The fourth-order valence-electron chi connectivity index (χ4n) is 2.44. The van der Waals surface area contributed by atoms with Crippen LogP contribution in [0.15, 0.2) is 52.0 Å². The lowest BCUT2D eigenvalue weighted by molar-refractivity contribution is 0.493. The highest BCUT2D eigenvalue weighted by Crippen LogP contribution is 2.47. The Morgan fingerprint density at radius 2 is 2.09 bits per heavy atom. The zero-order valence-electron chi connectivity index (χ0n) is 13.4. The molecule has 0 amide bonds. The molecule has 1 aromatic heterocycles. The van der Waals surface area contributed by atoms with Crippen molar-refractivity contribution < 1.29 is 4.42 Å². The van der Waals surface area contributed by atoms with Gasteiger partial charge in [0.2, 0.25) is 0 Å². The van der Waals surface area contributed by atoms with Crippen LogP contribution in [0.5, 0.6) is 0 Å². The lowest BCUT2D eigenvalue weighted by Crippen LogP contribution is -2.33. The van der Waals surface area contributed by atoms with Gasteiger partial charge in [-0.1, -0.05) is 37.3 Å². The Labute approximate surface area is 142 Å². The molecule has 23 heavy (non-hydrogen) atoms. The first-order valence-corrected chi connectivity index (χ1v) is 8.23. The molecule has 1 saturated carbocycles. The molecule has 5 heteroatoms. The minimum atomic E-state index is 0.577. The summed E-state index contributed by atoms with van der Waals surface area (Å²) in [5.41, 5.74) is 1.18. The third kappa shape index (κ3) is 4.20. The standard InChI is InChI=1S/C18H21N3OS/c1-13-10-16(13)17-9-8-15(22-17)12-20-21(2)18(23)19-11-14-6-4-3-5-7-14/h3-9,12-13,16H,10-11H2,1-2H3,(H,19,23)/b20-12-/t13-,16+/m0/s1. The maximum atomic E-state index is 5.80. The van der Waals surface area contributed by atoms with Gasteiger partial charge >= 0.3 is 0 Å². The van der Waals surface area contributed by atoms with E-state index in [4.69, 9.17) is 16.6 Å². The molecule has 0 spiro atoms. The first-order chi connectivity index (χ1) is 11.1. The van der Waals surface area contributed by atoms with Crippen molar-refractivity contribution in [3.05, 3.63) is 59.5 Å². The van der Waals surface area contributed by atoms with Crippen molar-refractivity contribution >= 4 is 23.5 Å². The zero-order valence-corrected chi connectivity index (χ0v) is 14.2. The van der Waals surface area contributed by atoms with E-state index >= 15 is 0 Å². The highest BCUT2D eigenvalue weighted by atomic mass is 32.1. The first kappa shape index (κ1) is 15.7. The van der Waals surface area contributed by atoms with E-state index < -0.39 is 0 Å². The van der Waals surface area contributed by atoms with Crippen LogP contribution in [0.25, 0.3) is 0 Å². The van der Waals surface area contributed by atoms with E-state index in [1.165, 1.54) is 12.0 Å². The number of hydrogen-bond donors (Lipinski definition) is 1. The minimum Gasteiger partial charge on any atom is -0.460 e. The Morgan fingerprint density at radius 3 is 2.78 bits per heavy atom. The molecule has 4 nitrogen and oxygen atoms in total. The monoisotopic (exact) mass is 327 g/mol. The van der Waals surface area contributed by atoms with Crippen LogP contribution in [0, 0.1) is 5.92 Å². The van der Waals surface area contributed by atoms with Crippen molar-refractivity contribution in [2.24, 2.45) is 11.0 Å². The van der Waals surface area contributed by atoms with Gasteiger partial charge in [-0.25, -0.2) is 5.01 Å². The molecule has 0 radical (unpaired) electrons. The summed E-state index contributed by atoms with van der Waals surface area (Å²) in [4.78, 5) is 0. The summed E-state index contributed by atoms with van der Waals surface area (Å²) in [5, 5.41) is 9.73. The van der Waals surface area contributed by atoms with Crippen LogP contribution in [0.3, 0.4) is 0 Å². The Bertz CT molecular complexity index is 695. The summed E-state index contributed by atoms with van der Waals surface area (Å²) < 4.78 is 5.80. The molecule has 120 valence electrons. The smallest absolute Gasteiger partial charge is 0.189 e. The SMILES string of the molecule is C[C@H]1C[C@H]1c1ccc(/C=N\N(C)C(=S)NCc2ccccc2)o1. The summed E-state index contributed by atoms with van der Waals surface area (Å²) in [6.45, 7) is 2.93. The number of hydrazone groups is 1. The van der Waals surface area contributed by atoms with E-state index in [0.717, 1.165) is 17.4 Å². The fourth-order valence-corrected chi connectivity index (χ4v) is 2.56. The normalized spacial score (nSPS) is 19.7. The number of thiocarbonyl (C=S) groups is 1. The van der Waals surface area contributed by atoms with Crippen LogP contribution in [-0.2, 0) is 6.54 Å². The van der Waals surface area contributed by atoms with Crippen LogP contribution in [0.4, 0.5) is 0 Å². The molecule has 0 bridgehead atoms. The van der Waals surface area contributed by atoms with Gasteiger partial charge in [-0.15, -0.1) is 0 Å². The Kier molecular flexibility index (Phi) is 4.76. The second-order valence-corrected chi connectivity index (χ2v) is 6.36. The number of hydrogen-bond acceptors (Lipinski definition) is 3. The largest absolute Gasteiger partial charge is 0.460 e. The summed E-state index contributed by atoms with van der Waals surface area (Å²) in [6.07, 6.45) is 2.92. The van der Waals surface area contributed by atoms with Crippen LogP contribution < -0.4 is 5.32 Å². The summed E-state index contributed by atoms with van der Waals surface area (Å²) in [7, 11) is 1.82. The Morgan fingerprint density at radius 1 is 1.35 bits per heavy atom. The molecule has 2 atom stereocenters. The molecule has 2 aromatic rings. The number of furan rings is 1.